The van der Waals surface area contributed by atoms with Gasteiger partial charge in [0.05, 0.1) is 11.3 Å². The SMILES string of the molecule is FB(F)OC(=Nc1ccc2c(C(F)(F)F)cc(-c3ccc(Br)cc3)nc2n1)c1ccccc1. The quantitative estimate of drug-likeness (QED) is 0.125. The van der Waals surface area contributed by atoms with Crippen LogP contribution in [0.4, 0.5) is 27.6 Å². The molecule has 2 aromatic heterocycles. The van der Waals surface area contributed by atoms with E-state index in [4.69, 9.17) is 0 Å². The van der Waals surface area contributed by atoms with Gasteiger partial charge in [0.2, 0.25) is 5.90 Å². The summed E-state index contributed by atoms with van der Waals surface area (Å²) in [5.41, 5.74) is -0.378. The number of halogens is 6. The zero-order valence-electron chi connectivity index (χ0n) is 16.5. The van der Waals surface area contributed by atoms with Gasteiger partial charge >= 0.3 is 13.6 Å². The summed E-state index contributed by atoms with van der Waals surface area (Å²) in [5.74, 6) is -0.548. The fourth-order valence-corrected chi connectivity index (χ4v) is 3.35. The molecule has 0 aliphatic rings. The van der Waals surface area contributed by atoms with Crippen LogP contribution in [0.25, 0.3) is 22.3 Å². The predicted octanol–water partition coefficient (Wildman–Crippen LogP) is 7.10. The third-order valence-electron chi connectivity index (χ3n) is 4.54. The highest BCUT2D eigenvalue weighted by Gasteiger charge is 2.34. The summed E-state index contributed by atoms with van der Waals surface area (Å²) >= 11 is 3.28. The molecule has 0 fully saturated rings. The van der Waals surface area contributed by atoms with E-state index in [0.29, 0.717) is 5.56 Å². The van der Waals surface area contributed by atoms with Crippen LogP contribution in [-0.4, -0.2) is 23.3 Å². The summed E-state index contributed by atoms with van der Waals surface area (Å²) in [5, 5.41) is -0.238. The number of benzene rings is 2. The highest BCUT2D eigenvalue weighted by molar-refractivity contribution is 9.10. The highest BCUT2D eigenvalue weighted by Crippen LogP contribution is 2.37. The Hall–Kier alpha value is -3.34. The molecule has 11 heteroatoms. The zero-order chi connectivity index (χ0) is 23.6. The molecule has 166 valence electrons. The number of fused-ring (bicyclic) bond motifs is 1. The summed E-state index contributed by atoms with van der Waals surface area (Å²) in [6, 6.07) is 17.8. The number of hydrogen-bond donors (Lipinski definition) is 0. The van der Waals surface area contributed by atoms with Crippen molar-refractivity contribution in [3.8, 4) is 11.3 Å². The number of hydrogen-bond acceptors (Lipinski definition) is 4. The standard InChI is InChI=1S/C22H12BBrF5N3O/c24-15-8-6-13(7-9-15)18-12-17(22(25,26)27)16-10-11-19(31-20(16)30-18)32-21(33-23(28)29)14-4-2-1-3-5-14/h1-12H. The first-order chi connectivity index (χ1) is 15.7. The third kappa shape index (κ3) is 5.36. The second-order valence-corrected chi connectivity index (χ2v) is 7.68. The predicted molar refractivity (Wildman–Crippen MR) is 119 cm³/mol. The normalized spacial score (nSPS) is 12.1. The van der Waals surface area contributed by atoms with E-state index in [1.165, 1.54) is 18.2 Å². The fraction of sp³-hybridized carbons (Fsp3) is 0.0455. The average Bonchev–Trinajstić information content (AvgIpc) is 2.78. The Labute approximate surface area is 193 Å². The molecular weight excluding hydrogens is 508 g/mol. The minimum absolute atomic E-state index is 0.0584. The van der Waals surface area contributed by atoms with Crippen molar-refractivity contribution in [2.75, 3.05) is 0 Å². The Morgan fingerprint density at radius 3 is 2.24 bits per heavy atom. The summed E-state index contributed by atoms with van der Waals surface area (Å²) in [4.78, 5) is 12.4. The van der Waals surface area contributed by atoms with Crippen molar-refractivity contribution in [3.05, 3.63) is 88.4 Å². The van der Waals surface area contributed by atoms with Gasteiger partial charge in [-0.15, -0.1) is 0 Å². The second kappa shape index (κ2) is 9.26. The van der Waals surface area contributed by atoms with Crippen LogP contribution in [0.1, 0.15) is 11.1 Å². The molecule has 4 aromatic rings. The molecule has 0 N–H and O–H groups in total. The lowest BCUT2D eigenvalue weighted by atomic mass is 10.1. The van der Waals surface area contributed by atoms with Crippen LogP contribution in [0.3, 0.4) is 0 Å². The van der Waals surface area contributed by atoms with Crippen molar-refractivity contribution in [2.45, 2.75) is 6.18 Å². The zero-order valence-corrected chi connectivity index (χ0v) is 18.1. The van der Waals surface area contributed by atoms with Gasteiger partial charge in [0.25, 0.3) is 0 Å². The molecule has 0 unspecified atom stereocenters. The molecule has 0 aliphatic heterocycles. The number of rotatable bonds is 4. The lowest BCUT2D eigenvalue weighted by Gasteiger charge is -2.13. The number of aromatic nitrogens is 2. The first-order valence-corrected chi connectivity index (χ1v) is 10.2. The minimum Gasteiger partial charge on any atom is -0.490 e. The van der Waals surface area contributed by atoms with Gasteiger partial charge in [0.1, 0.15) is 0 Å². The Balaban J connectivity index is 1.88. The number of nitrogens with zero attached hydrogens (tertiary/aromatic N) is 3. The minimum atomic E-state index is -4.66. The lowest BCUT2D eigenvalue weighted by molar-refractivity contribution is -0.136. The third-order valence-corrected chi connectivity index (χ3v) is 5.07. The van der Waals surface area contributed by atoms with Crippen LogP contribution in [-0.2, 0) is 10.8 Å². The summed E-state index contributed by atoms with van der Waals surface area (Å²) < 4.78 is 72.4. The van der Waals surface area contributed by atoms with E-state index in [9.17, 15) is 21.8 Å². The Morgan fingerprint density at radius 2 is 1.61 bits per heavy atom. The molecule has 0 radical (unpaired) electrons. The molecule has 2 aromatic carbocycles. The monoisotopic (exact) mass is 519 g/mol. The smallest absolute Gasteiger partial charge is 0.490 e. The van der Waals surface area contributed by atoms with Gasteiger partial charge < -0.3 is 4.65 Å². The molecule has 0 saturated carbocycles. The first-order valence-electron chi connectivity index (χ1n) is 9.44. The van der Waals surface area contributed by atoms with E-state index >= 15 is 0 Å². The molecule has 33 heavy (non-hydrogen) atoms. The van der Waals surface area contributed by atoms with Crippen molar-refractivity contribution in [1.29, 1.82) is 0 Å². The van der Waals surface area contributed by atoms with Crippen LogP contribution in [0, 0.1) is 0 Å². The molecular formula is C22H12BBrF5N3O. The maximum absolute atomic E-state index is 13.8. The van der Waals surface area contributed by atoms with E-state index in [2.05, 4.69) is 35.5 Å². The van der Waals surface area contributed by atoms with Crippen molar-refractivity contribution >= 4 is 46.1 Å². The van der Waals surface area contributed by atoms with Crippen LogP contribution in [0.2, 0.25) is 0 Å². The van der Waals surface area contributed by atoms with E-state index in [0.717, 1.165) is 16.6 Å². The van der Waals surface area contributed by atoms with Crippen LogP contribution in [0.15, 0.2) is 82.3 Å². The summed E-state index contributed by atoms with van der Waals surface area (Å²) in [7, 11) is -3.15. The summed E-state index contributed by atoms with van der Waals surface area (Å²) in [6.07, 6.45) is -4.66. The van der Waals surface area contributed by atoms with Crippen LogP contribution < -0.4 is 0 Å². The van der Waals surface area contributed by atoms with E-state index < -0.39 is 25.1 Å². The molecule has 4 rings (SSSR count). The van der Waals surface area contributed by atoms with E-state index in [1.807, 2.05) is 0 Å². The van der Waals surface area contributed by atoms with Gasteiger partial charge in [0.15, 0.2) is 11.5 Å². The lowest BCUT2D eigenvalue weighted by Crippen LogP contribution is -2.14. The molecule has 2 heterocycles. The van der Waals surface area contributed by atoms with Gasteiger partial charge in [-0.05, 0) is 42.5 Å². The number of pyridine rings is 2. The molecule has 0 spiro atoms. The first kappa shape index (κ1) is 22.8. The number of alkyl halides is 3. The molecule has 4 nitrogen and oxygen atoms in total. The van der Waals surface area contributed by atoms with Gasteiger partial charge in [-0.3, -0.25) is 0 Å². The highest BCUT2D eigenvalue weighted by atomic mass is 79.9. The van der Waals surface area contributed by atoms with Crippen molar-refractivity contribution < 1.29 is 26.5 Å². The van der Waals surface area contributed by atoms with Gasteiger partial charge in [0, 0.05) is 21.0 Å². The maximum atomic E-state index is 13.8. The fourth-order valence-electron chi connectivity index (χ4n) is 3.09. The molecule has 0 bridgehead atoms. The second-order valence-electron chi connectivity index (χ2n) is 6.76. The van der Waals surface area contributed by atoms with Gasteiger partial charge in [-0.25, -0.2) is 18.6 Å². The Morgan fingerprint density at radius 1 is 0.909 bits per heavy atom. The van der Waals surface area contributed by atoms with E-state index in [1.54, 1.807) is 42.5 Å². The number of aliphatic imine (C=N–C) groups is 1. The van der Waals surface area contributed by atoms with Crippen LogP contribution >= 0.6 is 15.9 Å². The van der Waals surface area contributed by atoms with Gasteiger partial charge in [-0.1, -0.05) is 46.3 Å². The van der Waals surface area contributed by atoms with Crippen molar-refractivity contribution in [3.63, 3.8) is 0 Å². The Bertz CT molecular complexity index is 1320. The maximum Gasteiger partial charge on any atom is 0.797 e. The van der Waals surface area contributed by atoms with Crippen molar-refractivity contribution in [2.24, 2.45) is 4.99 Å². The average molecular weight is 520 g/mol. The van der Waals surface area contributed by atoms with Gasteiger partial charge in [-0.2, -0.15) is 18.2 Å². The topological polar surface area (TPSA) is 47.4 Å². The van der Waals surface area contributed by atoms with Crippen LogP contribution in [0.5, 0.6) is 0 Å². The summed E-state index contributed by atoms with van der Waals surface area (Å²) in [6.45, 7) is 0. The Kier molecular flexibility index (Phi) is 6.41. The molecule has 0 aliphatic carbocycles. The van der Waals surface area contributed by atoms with Crippen molar-refractivity contribution in [1.82, 2.24) is 9.97 Å². The molecule has 0 saturated heterocycles. The largest absolute Gasteiger partial charge is 0.797 e. The van der Waals surface area contributed by atoms with E-state index in [-0.39, 0.29) is 28.1 Å². The molecule has 0 atom stereocenters. The molecule has 0 amide bonds.